The number of nitrogens with one attached hydrogen (secondary N) is 2. The molecule has 1 aliphatic heterocycles. The lowest BCUT2D eigenvalue weighted by molar-refractivity contribution is -0.121. The van der Waals surface area contributed by atoms with E-state index in [2.05, 4.69) is 27.7 Å². The predicted molar refractivity (Wildman–Crippen MR) is 105 cm³/mol. The molecule has 1 unspecified atom stereocenters. The van der Waals surface area contributed by atoms with E-state index in [0.29, 0.717) is 5.76 Å². The lowest BCUT2D eigenvalue weighted by Crippen LogP contribution is -2.45. The number of amides is 3. The summed E-state index contributed by atoms with van der Waals surface area (Å²) in [5.41, 5.74) is 1.16. The lowest BCUT2D eigenvalue weighted by atomic mass is 10.0. The maximum atomic E-state index is 12.4. The molecule has 7 nitrogen and oxygen atoms in total. The van der Waals surface area contributed by atoms with Crippen molar-refractivity contribution in [2.24, 2.45) is 0 Å². The normalized spacial score (nSPS) is 17.5. The molecule has 0 aliphatic carbocycles. The summed E-state index contributed by atoms with van der Waals surface area (Å²) in [7, 11) is 1.65. The Morgan fingerprint density at radius 3 is 2.71 bits per heavy atom. The van der Waals surface area contributed by atoms with Gasteiger partial charge in [-0.15, -0.1) is 0 Å². The fourth-order valence-corrected chi connectivity index (χ4v) is 3.54. The van der Waals surface area contributed by atoms with Crippen molar-refractivity contribution in [1.29, 1.82) is 0 Å². The van der Waals surface area contributed by atoms with Crippen LogP contribution < -0.4 is 15.4 Å². The average Bonchev–Trinajstić information content (AvgIpc) is 3.12. The largest absolute Gasteiger partial charge is 0.497 e. The molecule has 0 radical (unpaired) electrons. The molecule has 1 atom stereocenters. The second-order valence-electron chi connectivity index (χ2n) is 6.92. The number of carbonyl (C=O) groups is 2. The summed E-state index contributed by atoms with van der Waals surface area (Å²) in [5, 5.41) is 5.03. The van der Waals surface area contributed by atoms with Gasteiger partial charge in [0.15, 0.2) is 0 Å². The molecule has 1 aliphatic rings. The van der Waals surface area contributed by atoms with E-state index in [-0.39, 0.29) is 25.0 Å². The molecule has 1 aromatic carbocycles. The minimum absolute atomic E-state index is 0.158. The number of carbonyl (C=O) groups excluding carboxylic acids is 2. The van der Waals surface area contributed by atoms with Crippen LogP contribution in [0.4, 0.5) is 4.79 Å². The number of hydrogen-bond acceptors (Lipinski definition) is 5. The molecular weight excluding hydrogens is 358 g/mol. The smallest absolute Gasteiger partial charge is 0.321 e. The van der Waals surface area contributed by atoms with Gasteiger partial charge in [0.2, 0.25) is 5.91 Å². The van der Waals surface area contributed by atoms with Crippen LogP contribution >= 0.6 is 0 Å². The van der Waals surface area contributed by atoms with Crippen molar-refractivity contribution in [3.63, 3.8) is 0 Å². The zero-order valence-corrected chi connectivity index (χ0v) is 16.1. The second kappa shape index (κ2) is 9.94. The molecule has 7 heteroatoms. The minimum Gasteiger partial charge on any atom is -0.497 e. The van der Waals surface area contributed by atoms with Crippen LogP contribution in [-0.4, -0.2) is 37.0 Å². The maximum Gasteiger partial charge on any atom is 0.321 e. The Bertz CT molecular complexity index is 758. The van der Waals surface area contributed by atoms with Crippen molar-refractivity contribution in [2.75, 3.05) is 20.2 Å². The highest BCUT2D eigenvalue weighted by Gasteiger charge is 2.25. The van der Waals surface area contributed by atoms with Crippen LogP contribution in [0.3, 0.4) is 0 Å². The molecule has 2 aromatic rings. The zero-order valence-electron chi connectivity index (χ0n) is 16.1. The number of methoxy groups -OCH3 is 1. The van der Waals surface area contributed by atoms with Crippen molar-refractivity contribution >= 4 is 11.9 Å². The average molecular weight is 385 g/mol. The van der Waals surface area contributed by atoms with Crippen LogP contribution in [0, 0.1) is 0 Å². The molecule has 150 valence electrons. The third-order valence-corrected chi connectivity index (χ3v) is 4.97. The molecule has 28 heavy (non-hydrogen) atoms. The van der Waals surface area contributed by atoms with Gasteiger partial charge in [-0.25, -0.2) is 4.79 Å². The number of ether oxygens (including phenoxy) is 1. The summed E-state index contributed by atoms with van der Waals surface area (Å²) in [6.07, 6.45) is 5.85. The molecule has 1 aromatic heterocycles. The molecule has 3 amide bonds. The van der Waals surface area contributed by atoms with Gasteiger partial charge >= 0.3 is 6.03 Å². The van der Waals surface area contributed by atoms with Gasteiger partial charge in [0.05, 0.1) is 26.5 Å². The van der Waals surface area contributed by atoms with E-state index in [9.17, 15) is 9.59 Å². The Morgan fingerprint density at radius 1 is 1.18 bits per heavy atom. The third kappa shape index (κ3) is 5.60. The maximum absolute atomic E-state index is 12.4. The molecule has 0 spiro atoms. The monoisotopic (exact) mass is 385 g/mol. The fourth-order valence-electron chi connectivity index (χ4n) is 3.54. The highest BCUT2D eigenvalue weighted by Crippen LogP contribution is 2.30. The topological polar surface area (TPSA) is 83.8 Å². The molecule has 2 N–H and O–H groups in total. The highest BCUT2D eigenvalue weighted by molar-refractivity contribution is 5.95. The Morgan fingerprint density at radius 2 is 2.00 bits per heavy atom. The van der Waals surface area contributed by atoms with Crippen LogP contribution in [0.1, 0.15) is 43.0 Å². The van der Waals surface area contributed by atoms with Crippen molar-refractivity contribution in [3.8, 4) is 5.75 Å². The van der Waals surface area contributed by atoms with Crippen molar-refractivity contribution in [2.45, 2.75) is 38.3 Å². The van der Waals surface area contributed by atoms with E-state index in [0.717, 1.165) is 43.5 Å². The van der Waals surface area contributed by atoms with Crippen LogP contribution in [-0.2, 0) is 11.3 Å². The van der Waals surface area contributed by atoms with Crippen LogP contribution in [0.25, 0.3) is 0 Å². The third-order valence-electron chi connectivity index (χ3n) is 4.97. The lowest BCUT2D eigenvalue weighted by Gasteiger charge is -2.29. The van der Waals surface area contributed by atoms with Crippen molar-refractivity contribution in [1.82, 2.24) is 15.5 Å². The first-order valence-electron chi connectivity index (χ1n) is 9.64. The van der Waals surface area contributed by atoms with Gasteiger partial charge in [-0.3, -0.25) is 15.0 Å². The van der Waals surface area contributed by atoms with Crippen LogP contribution in [0.2, 0.25) is 0 Å². The zero-order chi connectivity index (χ0) is 19.8. The van der Waals surface area contributed by atoms with E-state index in [1.807, 2.05) is 12.1 Å². The SMILES string of the molecule is COc1ccc(C2CCCCCN2CC(=O)NC(=O)NCc2ccco2)cc1. The van der Waals surface area contributed by atoms with Crippen LogP contribution in [0.5, 0.6) is 5.75 Å². The molecule has 1 fully saturated rings. The molecule has 2 heterocycles. The van der Waals surface area contributed by atoms with E-state index in [1.54, 1.807) is 25.5 Å². The Kier molecular flexibility index (Phi) is 7.08. The summed E-state index contributed by atoms with van der Waals surface area (Å²) < 4.78 is 10.4. The first-order chi connectivity index (χ1) is 13.7. The quantitative estimate of drug-likeness (QED) is 0.798. The number of urea groups is 1. The first kappa shape index (κ1) is 19.9. The molecular formula is C21H27N3O4. The molecule has 0 saturated carbocycles. The predicted octanol–water partition coefficient (Wildman–Crippen LogP) is 3.23. The van der Waals surface area contributed by atoms with Gasteiger partial charge in [0, 0.05) is 6.04 Å². The van der Waals surface area contributed by atoms with Gasteiger partial charge in [0.25, 0.3) is 0 Å². The molecule has 3 rings (SSSR count). The Hall–Kier alpha value is -2.80. The van der Waals surface area contributed by atoms with E-state index in [1.165, 1.54) is 0 Å². The summed E-state index contributed by atoms with van der Waals surface area (Å²) in [6, 6.07) is 11.1. The standard InChI is InChI=1S/C21H27N3O4/c1-27-17-10-8-16(9-11-17)19-7-3-2-4-12-24(19)15-20(25)23-21(26)22-14-18-6-5-13-28-18/h5-6,8-11,13,19H,2-4,7,12,14-15H2,1H3,(H2,22,23,25,26). The summed E-state index contributed by atoms with van der Waals surface area (Å²) in [5.74, 6) is 1.14. The van der Waals surface area contributed by atoms with Gasteiger partial charge < -0.3 is 14.5 Å². The van der Waals surface area contributed by atoms with Gasteiger partial charge in [-0.1, -0.05) is 25.0 Å². The van der Waals surface area contributed by atoms with Gasteiger partial charge in [-0.2, -0.15) is 0 Å². The number of imide groups is 1. The number of hydrogen-bond donors (Lipinski definition) is 2. The summed E-state index contributed by atoms with van der Waals surface area (Å²) >= 11 is 0. The second-order valence-corrected chi connectivity index (χ2v) is 6.92. The van der Waals surface area contributed by atoms with Crippen molar-refractivity contribution in [3.05, 3.63) is 54.0 Å². The number of rotatable bonds is 6. The fraction of sp³-hybridized carbons (Fsp3) is 0.429. The summed E-state index contributed by atoms with van der Waals surface area (Å²) in [6.45, 7) is 1.26. The number of nitrogens with zero attached hydrogens (tertiary/aromatic N) is 1. The van der Waals surface area contributed by atoms with E-state index < -0.39 is 6.03 Å². The van der Waals surface area contributed by atoms with Crippen molar-refractivity contribution < 1.29 is 18.7 Å². The molecule has 1 saturated heterocycles. The first-order valence-corrected chi connectivity index (χ1v) is 9.64. The van der Waals surface area contributed by atoms with Gasteiger partial charge in [-0.05, 0) is 49.2 Å². The number of benzene rings is 1. The highest BCUT2D eigenvalue weighted by atomic mass is 16.5. The number of furan rings is 1. The Labute approximate surface area is 165 Å². The Balaban J connectivity index is 1.57. The van der Waals surface area contributed by atoms with Gasteiger partial charge in [0.1, 0.15) is 11.5 Å². The minimum atomic E-state index is -0.516. The summed E-state index contributed by atoms with van der Waals surface area (Å²) in [4.78, 5) is 26.5. The van der Waals surface area contributed by atoms with E-state index >= 15 is 0 Å². The van der Waals surface area contributed by atoms with E-state index in [4.69, 9.17) is 9.15 Å². The van der Waals surface area contributed by atoms with Crippen LogP contribution in [0.15, 0.2) is 47.1 Å². The number of likely N-dealkylation sites (tertiary alicyclic amines) is 1. The molecule has 0 bridgehead atoms.